The molecule has 0 amide bonds. The quantitative estimate of drug-likeness (QED) is 0.646. The predicted octanol–water partition coefficient (Wildman–Crippen LogP) is 2.89. The molecule has 2 aliphatic rings. The highest BCUT2D eigenvalue weighted by atomic mass is 16.3. The van der Waals surface area contributed by atoms with E-state index in [4.69, 9.17) is 10.7 Å². The van der Waals surface area contributed by atoms with Gasteiger partial charge in [0.1, 0.15) is 5.82 Å². The molecule has 3 aromatic rings. The minimum Gasteiger partial charge on any atom is -0.390 e. The van der Waals surface area contributed by atoms with Crippen molar-refractivity contribution in [1.82, 2.24) is 24.9 Å². The van der Waals surface area contributed by atoms with E-state index in [9.17, 15) is 5.11 Å². The van der Waals surface area contributed by atoms with Crippen LogP contribution in [0.1, 0.15) is 56.8 Å². The third-order valence-corrected chi connectivity index (χ3v) is 5.71. The Morgan fingerprint density at radius 3 is 2.57 bits per heavy atom. The summed E-state index contributed by atoms with van der Waals surface area (Å²) in [7, 11) is 0. The van der Waals surface area contributed by atoms with Crippen molar-refractivity contribution in [2.24, 2.45) is 0 Å². The summed E-state index contributed by atoms with van der Waals surface area (Å²) in [6.45, 7) is 3.93. The van der Waals surface area contributed by atoms with Gasteiger partial charge in [-0.2, -0.15) is 9.61 Å². The number of rotatable bonds is 3. The summed E-state index contributed by atoms with van der Waals surface area (Å²) >= 11 is 0. The Morgan fingerprint density at radius 1 is 1.18 bits per heavy atom. The van der Waals surface area contributed by atoms with E-state index in [1.807, 2.05) is 32.0 Å². The molecule has 0 saturated carbocycles. The molecular formula is C21H28N6O. The largest absolute Gasteiger partial charge is 0.390 e. The van der Waals surface area contributed by atoms with Gasteiger partial charge in [-0.05, 0) is 31.7 Å². The van der Waals surface area contributed by atoms with E-state index in [-0.39, 0.29) is 6.61 Å². The highest BCUT2D eigenvalue weighted by molar-refractivity contribution is 5.77. The third-order valence-electron chi connectivity index (χ3n) is 5.71. The molecule has 2 fully saturated rings. The minimum atomic E-state index is -0.0670. The van der Waals surface area contributed by atoms with Crippen LogP contribution in [0.4, 0.5) is 5.82 Å². The Hall–Kier alpha value is -2.51. The van der Waals surface area contributed by atoms with E-state index in [1.54, 1.807) is 16.9 Å². The minimum absolute atomic E-state index is 0.0670. The van der Waals surface area contributed by atoms with Crippen molar-refractivity contribution in [3.63, 3.8) is 0 Å². The van der Waals surface area contributed by atoms with Crippen molar-refractivity contribution < 1.29 is 5.11 Å². The first-order valence-electron chi connectivity index (χ1n) is 10.2. The van der Waals surface area contributed by atoms with Gasteiger partial charge in [-0.15, -0.1) is 0 Å². The lowest BCUT2D eigenvalue weighted by Gasteiger charge is -2.28. The van der Waals surface area contributed by atoms with E-state index < -0.39 is 0 Å². The molecule has 5 heterocycles. The van der Waals surface area contributed by atoms with Gasteiger partial charge in [-0.3, -0.25) is 4.98 Å². The zero-order valence-corrected chi connectivity index (χ0v) is 16.5. The second kappa shape index (κ2) is 7.85. The third kappa shape index (κ3) is 3.36. The second-order valence-electron chi connectivity index (χ2n) is 7.40. The highest BCUT2D eigenvalue weighted by Gasteiger charge is 2.35. The Labute approximate surface area is 165 Å². The van der Waals surface area contributed by atoms with Crippen LogP contribution in [0, 0.1) is 0 Å². The molecule has 3 aromatic heterocycles. The molecule has 0 aromatic carbocycles. The van der Waals surface area contributed by atoms with Gasteiger partial charge in [0.25, 0.3) is 0 Å². The zero-order chi connectivity index (χ0) is 19.7. The first kappa shape index (κ1) is 18.8. The van der Waals surface area contributed by atoms with E-state index >= 15 is 0 Å². The van der Waals surface area contributed by atoms with Crippen LogP contribution in [0.5, 0.6) is 0 Å². The van der Waals surface area contributed by atoms with Crippen molar-refractivity contribution in [2.45, 2.75) is 64.1 Å². The predicted molar refractivity (Wildman–Crippen MR) is 110 cm³/mol. The molecule has 7 nitrogen and oxygen atoms in total. The number of aromatic nitrogens is 4. The number of nitrogen functional groups attached to an aromatic ring is 1. The molecule has 148 valence electrons. The molecule has 4 N–H and O–H groups in total. The molecule has 0 aliphatic carbocycles. The van der Waals surface area contributed by atoms with E-state index in [2.05, 4.69) is 15.4 Å². The lowest BCUT2D eigenvalue weighted by atomic mass is 9.89. The number of nitrogens with two attached hydrogens (primary N) is 1. The number of fused-ring (bicyclic) bond motifs is 3. The summed E-state index contributed by atoms with van der Waals surface area (Å²) in [5.74, 6) is 1.06. The summed E-state index contributed by atoms with van der Waals surface area (Å²) in [6.07, 6.45) is 8.30. The van der Waals surface area contributed by atoms with E-state index in [0.717, 1.165) is 35.3 Å². The fourth-order valence-corrected chi connectivity index (χ4v) is 4.39. The number of aliphatic hydroxyl groups excluding tert-OH is 1. The summed E-state index contributed by atoms with van der Waals surface area (Å²) in [4.78, 5) is 9.22. The lowest BCUT2D eigenvalue weighted by Crippen LogP contribution is -2.37. The van der Waals surface area contributed by atoms with Crippen molar-refractivity contribution in [3.8, 4) is 11.1 Å². The summed E-state index contributed by atoms with van der Waals surface area (Å²) in [5, 5.41) is 17.3. The van der Waals surface area contributed by atoms with Crippen molar-refractivity contribution >= 4 is 11.5 Å². The van der Waals surface area contributed by atoms with Gasteiger partial charge < -0.3 is 16.2 Å². The zero-order valence-electron chi connectivity index (χ0n) is 16.5. The molecule has 2 bridgehead atoms. The average Bonchev–Trinajstić information content (AvgIpc) is 3.32. The molecule has 0 spiro atoms. The van der Waals surface area contributed by atoms with Crippen molar-refractivity contribution in [1.29, 1.82) is 0 Å². The van der Waals surface area contributed by atoms with Crippen LogP contribution in [-0.2, 0) is 6.61 Å². The smallest absolute Gasteiger partial charge is 0.165 e. The summed E-state index contributed by atoms with van der Waals surface area (Å²) in [6, 6.07) is 6.95. The first-order valence-corrected chi connectivity index (χ1v) is 10.2. The fraction of sp³-hybridized carbons (Fsp3) is 0.476. The van der Waals surface area contributed by atoms with Crippen LogP contribution in [0.15, 0.2) is 30.6 Å². The van der Waals surface area contributed by atoms with Gasteiger partial charge in [0.2, 0.25) is 0 Å². The van der Waals surface area contributed by atoms with Crippen molar-refractivity contribution in [3.05, 3.63) is 42.0 Å². The molecule has 0 radical (unpaired) electrons. The Morgan fingerprint density at radius 2 is 1.93 bits per heavy atom. The molecule has 2 unspecified atom stereocenters. The van der Waals surface area contributed by atoms with Gasteiger partial charge in [0, 0.05) is 47.1 Å². The van der Waals surface area contributed by atoms with Gasteiger partial charge in [-0.1, -0.05) is 19.9 Å². The average molecular weight is 380 g/mol. The Balaban J connectivity index is 0.000000932. The van der Waals surface area contributed by atoms with E-state index in [1.165, 1.54) is 12.8 Å². The van der Waals surface area contributed by atoms with Crippen LogP contribution < -0.4 is 11.1 Å². The first-order chi connectivity index (χ1) is 13.7. The number of hydrogen-bond acceptors (Lipinski definition) is 6. The maximum absolute atomic E-state index is 9.18. The maximum Gasteiger partial charge on any atom is 0.165 e. The van der Waals surface area contributed by atoms with Gasteiger partial charge >= 0.3 is 0 Å². The number of nitrogens with one attached hydrogen (secondary N) is 1. The summed E-state index contributed by atoms with van der Waals surface area (Å²) in [5.41, 5.74) is 10.6. The summed E-state index contributed by atoms with van der Waals surface area (Å²) < 4.78 is 1.69. The number of anilines is 1. The number of piperidine rings is 1. The molecule has 7 heteroatoms. The van der Waals surface area contributed by atoms with Crippen molar-refractivity contribution in [2.75, 3.05) is 5.73 Å². The van der Waals surface area contributed by atoms with Gasteiger partial charge in [0.05, 0.1) is 18.5 Å². The van der Waals surface area contributed by atoms with Crippen LogP contribution in [0.25, 0.3) is 16.8 Å². The normalized spacial score (nSPS) is 23.5. The maximum atomic E-state index is 9.18. The molecule has 28 heavy (non-hydrogen) atoms. The van der Waals surface area contributed by atoms with E-state index in [0.29, 0.717) is 29.5 Å². The van der Waals surface area contributed by atoms with Gasteiger partial charge in [-0.25, -0.2) is 4.98 Å². The standard InChI is InChI=1S/C19H22N6O.C2H6/c20-18-7-17(12-5-13-3-4-14(6-12)23-13)24-19-16(9-22-25(18)19)11-1-2-15(10-26)21-8-11;1-2/h1-2,7-9,12-14,23,26H,3-6,10,20H2;1-2H3/t12?,13-,14?;/m0./s1. The van der Waals surface area contributed by atoms with Gasteiger partial charge in [0.15, 0.2) is 5.65 Å². The SMILES string of the molecule is CC.Nc1cc(C2CC3CC[C@@H](C2)N3)nc2c(-c3ccc(CO)nc3)cnn12. The monoisotopic (exact) mass is 380 g/mol. The number of hydrogen-bond donors (Lipinski definition) is 3. The van der Waals surface area contributed by atoms with Crippen LogP contribution in [-0.4, -0.2) is 36.8 Å². The topological polar surface area (TPSA) is 101 Å². The fourth-order valence-electron chi connectivity index (χ4n) is 4.39. The number of pyridine rings is 1. The number of nitrogens with zero attached hydrogens (tertiary/aromatic N) is 4. The Kier molecular flexibility index (Phi) is 5.28. The second-order valence-corrected chi connectivity index (χ2v) is 7.40. The Bertz CT molecular complexity index is 939. The van der Waals surface area contributed by atoms with Crippen LogP contribution in [0.2, 0.25) is 0 Å². The molecule has 2 saturated heterocycles. The molecule has 5 rings (SSSR count). The lowest BCUT2D eigenvalue weighted by molar-refractivity contribution is 0.277. The number of aliphatic hydroxyl groups is 1. The van der Waals surface area contributed by atoms with Crippen LogP contribution in [0.3, 0.4) is 0 Å². The van der Waals surface area contributed by atoms with Crippen LogP contribution >= 0.6 is 0 Å². The highest BCUT2D eigenvalue weighted by Crippen LogP contribution is 2.37. The molecule has 2 aliphatic heterocycles. The molecule has 3 atom stereocenters. The molecular weight excluding hydrogens is 352 g/mol.